The average Bonchev–Trinajstić information content (AvgIpc) is 2.76. The predicted molar refractivity (Wildman–Crippen MR) is 114 cm³/mol. The Kier molecular flexibility index (Phi) is 7.66. The summed E-state index contributed by atoms with van der Waals surface area (Å²) in [6, 6.07) is 7.79. The van der Waals surface area contributed by atoms with E-state index in [-0.39, 0.29) is 6.61 Å². The molecule has 0 spiro atoms. The summed E-state index contributed by atoms with van der Waals surface area (Å²) in [7, 11) is -2.19. The number of hydrogen-bond donors (Lipinski definition) is 4. The number of nitriles is 1. The van der Waals surface area contributed by atoms with Gasteiger partial charge < -0.3 is 29.9 Å². The molecule has 0 radical (unpaired) electrons. The molecular formula is C20H28N4O6S. The molecule has 10 nitrogen and oxygen atoms in total. The molecule has 1 aromatic rings. The zero-order valence-corrected chi connectivity index (χ0v) is 18.1. The molecule has 2 aliphatic rings. The zero-order valence-electron chi connectivity index (χ0n) is 17.3. The molecule has 11 heteroatoms. The van der Waals surface area contributed by atoms with Crippen LogP contribution >= 0.6 is 0 Å². The van der Waals surface area contributed by atoms with Crippen LogP contribution in [0, 0.1) is 11.3 Å². The van der Waals surface area contributed by atoms with Crippen LogP contribution in [0.15, 0.2) is 29.2 Å². The van der Waals surface area contributed by atoms with Crippen LogP contribution in [-0.4, -0.2) is 99.4 Å². The Morgan fingerprint density at radius 1 is 1.23 bits per heavy atom. The summed E-state index contributed by atoms with van der Waals surface area (Å²) in [6.45, 7) is 2.99. The van der Waals surface area contributed by atoms with E-state index >= 15 is 0 Å². The van der Waals surface area contributed by atoms with Crippen LogP contribution in [0.25, 0.3) is 6.08 Å². The summed E-state index contributed by atoms with van der Waals surface area (Å²) in [6.07, 6.45) is -2.69. The van der Waals surface area contributed by atoms with Crippen LogP contribution in [0.3, 0.4) is 0 Å². The lowest BCUT2D eigenvalue weighted by atomic mass is 9.99. The van der Waals surface area contributed by atoms with E-state index in [1.165, 1.54) is 6.08 Å². The van der Waals surface area contributed by atoms with Gasteiger partial charge in [-0.1, -0.05) is 12.1 Å². The number of ether oxygens (including phenoxy) is 1. The lowest BCUT2D eigenvalue weighted by Crippen LogP contribution is -2.59. The molecule has 2 saturated heterocycles. The highest BCUT2D eigenvalue weighted by atomic mass is 32.2. The highest BCUT2D eigenvalue weighted by molar-refractivity contribution is 7.93. The van der Waals surface area contributed by atoms with Crippen molar-refractivity contribution in [2.45, 2.75) is 24.4 Å². The summed E-state index contributed by atoms with van der Waals surface area (Å²) in [5.41, 5.74) is 1.57. The molecule has 4 N–H and O–H groups in total. The second-order valence-electron chi connectivity index (χ2n) is 7.77. The third-order valence-electron chi connectivity index (χ3n) is 5.58. The number of anilines is 1. The van der Waals surface area contributed by atoms with Crippen molar-refractivity contribution >= 4 is 21.8 Å². The van der Waals surface area contributed by atoms with Gasteiger partial charge in [-0.25, -0.2) is 13.1 Å². The number of sulfonamides is 1. The van der Waals surface area contributed by atoms with Crippen LogP contribution in [0.5, 0.6) is 0 Å². The molecule has 31 heavy (non-hydrogen) atoms. The van der Waals surface area contributed by atoms with E-state index in [0.717, 1.165) is 31.9 Å². The van der Waals surface area contributed by atoms with Crippen molar-refractivity contribution in [3.63, 3.8) is 0 Å². The van der Waals surface area contributed by atoms with E-state index < -0.39 is 45.9 Å². The van der Waals surface area contributed by atoms with Gasteiger partial charge in [0.2, 0.25) is 0 Å². The van der Waals surface area contributed by atoms with Crippen molar-refractivity contribution in [1.82, 2.24) is 9.62 Å². The smallest absolute Gasteiger partial charge is 0.251 e. The summed E-state index contributed by atoms with van der Waals surface area (Å²) in [4.78, 5) is 3.97. The monoisotopic (exact) mass is 452 g/mol. The normalized spacial score (nSPS) is 28.4. The lowest BCUT2D eigenvalue weighted by molar-refractivity contribution is -0.158. The van der Waals surface area contributed by atoms with Crippen LogP contribution in [0.2, 0.25) is 0 Å². The van der Waals surface area contributed by atoms with Crippen molar-refractivity contribution in [2.75, 3.05) is 51.3 Å². The SMILES string of the molecule is CN1CCN(c2ccc(C=C(C#N)S(=O)(=O)NC3COC(CO)C(O)C3O)cc2)CC1. The number of piperazine rings is 1. The van der Waals surface area contributed by atoms with E-state index in [4.69, 9.17) is 9.84 Å². The molecule has 2 fully saturated rings. The first kappa shape index (κ1) is 23.6. The number of likely N-dealkylation sites (N-methyl/N-ethyl adjacent to an activating group) is 1. The van der Waals surface area contributed by atoms with Gasteiger partial charge in [-0.2, -0.15) is 5.26 Å². The van der Waals surface area contributed by atoms with Crippen LogP contribution in [-0.2, 0) is 14.8 Å². The number of nitrogens with zero attached hydrogens (tertiary/aromatic N) is 3. The molecule has 4 unspecified atom stereocenters. The second kappa shape index (κ2) is 10.1. The number of benzene rings is 1. The van der Waals surface area contributed by atoms with Crippen molar-refractivity contribution in [1.29, 1.82) is 5.26 Å². The van der Waals surface area contributed by atoms with E-state index in [1.54, 1.807) is 18.2 Å². The first-order valence-corrected chi connectivity index (χ1v) is 11.5. The van der Waals surface area contributed by atoms with E-state index in [0.29, 0.717) is 5.56 Å². The quantitative estimate of drug-likeness (QED) is 0.387. The molecule has 0 saturated carbocycles. The third kappa shape index (κ3) is 5.61. The average molecular weight is 453 g/mol. The largest absolute Gasteiger partial charge is 0.394 e. The maximum atomic E-state index is 12.7. The Labute approximate surface area is 182 Å². The van der Waals surface area contributed by atoms with Crippen molar-refractivity contribution < 1.29 is 28.5 Å². The summed E-state index contributed by atoms with van der Waals surface area (Å²) >= 11 is 0. The molecule has 0 amide bonds. The predicted octanol–water partition coefficient (Wildman–Crippen LogP) is -1.30. The molecule has 0 aliphatic carbocycles. The maximum Gasteiger partial charge on any atom is 0.251 e. The number of nitrogens with one attached hydrogen (secondary N) is 1. The number of aliphatic hydroxyl groups excluding tert-OH is 3. The third-order valence-corrected chi connectivity index (χ3v) is 6.98. The molecule has 0 aromatic heterocycles. The maximum absolute atomic E-state index is 12.7. The fraction of sp³-hybridized carbons (Fsp3) is 0.550. The van der Waals surface area contributed by atoms with Gasteiger partial charge >= 0.3 is 0 Å². The Morgan fingerprint density at radius 3 is 2.45 bits per heavy atom. The molecule has 1 aromatic carbocycles. The summed E-state index contributed by atoms with van der Waals surface area (Å²) < 4.78 is 32.7. The number of allylic oxidation sites excluding steroid dienone is 1. The Bertz CT molecular complexity index is 922. The van der Waals surface area contributed by atoms with Gasteiger partial charge in [-0.3, -0.25) is 0 Å². The van der Waals surface area contributed by atoms with Crippen LogP contribution < -0.4 is 9.62 Å². The van der Waals surface area contributed by atoms with Gasteiger partial charge in [0.05, 0.1) is 19.3 Å². The number of aliphatic hydroxyl groups is 3. The van der Waals surface area contributed by atoms with Gasteiger partial charge in [-0.15, -0.1) is 0 Å². The molecule has 170 valence electrons. The van der Waals surface area contributed by atoms with E-state index in [2.05, 4.69) is 21.6 Å². The minimum Gasteiger partial charge on any atom is -0.394 e. The summed E-state index contributed by atoms with van der Waals surface area (Å²) in [5, 5.41) is 38.6. The Morgan fingerprint density at radius 2 is 1.87 bits per heavy atom. The molecular weight excluding hydrogens is 424 g/mol. The fourth-order valence-electron chi connectivity index (χ4n) is 3.58. The van der Waals surface area contributed by atoms with E-state index in [1.807, 2.05) is 12.1 Å². The van der Waals surface area contributed by atoms with Crippen molar-refractivity contribution in [3.8, 4) is 6.07 Å². The molecule has 2 heterocycles. The van der Waals surface area contributed by atoms with Gasteiger partial charge in [0.15, 0.2) is 4.91 Å². The second-order valence-corrected chi connectivity index (χ2v) is 9.45. The minimum atomic E-state index is -4.27. The van der Waals surface area contributed by atoms with Gasteiger partial charge in [0.1, 0.15) is 24.4 Å². The van der Waals surface area contributed by atoms with Crippen molar-refractivity contribution in [3.05, 3.63) is 34.7 Å². The topological polar surface area (TPSA) is 146 Å². The van der Waals surface area contributed by atoms with Gasteiger partial charge in [-0.05, 0) is 30.8 Å². The first-order chi connectivity index (χ1) is 14.7. The van der Waals surface area contributed by atoms with Crippen LogP contribution in [0.1, 0.15) is 5.56 Å². The Hall–Kier alpha value is -2.04. The molecule has 3 rings (SSSR count). The molecule has 0 bridgehead atoms. The molecule has 4 atom stereocenters. The Balaban J connectivity index is 1.71. The number of rotatable bonds is 6. The zero-order chi connectivity index (χ0) is 22.6. The van der Waals surface area contributed by atoms with Gasteiger partial charge in [0, 0.05) is 31.9 Å². The highest BCUT2D eigenvalue weighted by Gasteiger charge is 2.40. The van der Waals surface area contributed by atoms with Crippen LogP contribution in [0.4, 0.5) is 5.69 Å². The van der Waals surface area contributed by atoms with Gasteiger partial charge in [0.25, 0.3) is 10.0 Å². The lowest BCUT2D eigenvalue weighted by Gasteiger charge is -2.36. The van der Waals surface area contributed by atoms with Crippen molar-refractivity contribution in [2.24, 2.45) is 0 Å². The minimum absolute atomic E-state index is 0.249. The fourth-order valence-corrected chi connectivity index (χ4v) is 4.72. The summed E-state index contributed by atoms with van der Waals surface area (Å²) in [5.74, 6) is 0. The molecule has 2 aliphatic heterocycles. The number of hydrogen-bond acceptors (Lipinski definition) is 9. The first-order valence-electron chi connectivity index (χ1n) is 10.0. The highest BCUT2D eigenvalue weighted by Crippen LogP contribution is 2.21. The van der Waals surface area contributed by atoms with E-state index in [9.17, 15) is 23.9 Å². The standard InChI is InChI=1S/C20H28N4O6S/c1-23-6-8-24(9-7-23)15-4-2-14(3-5-15)10-16(11-21)31(28,29)22-17-13-30-18(12-25)20(27)19(17)26/h2-5,10,17-20,22,25-27H,6-9,12-13H2,1H3.